The number of thiocarbonyl (C=S) groups is 1. The van der Waals surface area contributed by atoms with Crippen LogP contribution in [0.25, 0.3) is 0 Å². The number of aliphatic imine (C=N–C) groups is 1. The van der Waals surface area contributed by atoms with Crippen molar-refractivity contribution < 1.29 is 9.53 Å². The first kappa shape index (κ1) is 14.1. The van der Waals surface area contributed by atoms with Crippen LogP contribution in [0, 0.1) is 0 Å². The van der Waals surface area contributed by atoms with Crippen molar-refractivity contribution in [3.8, 4) is 0 Å². The number of ether oxygens (including phenoxy) is 1. The zero-order valence-corrected chi connectivity index (χ0v) is 11.5. The summed E-state index contributed by atoms with van der Waals surface area (Å²) >= 11 is 4.56. The Hall–Kier alpha value is -0.930. The van der Waals surface area contributed by atoms with E-state index in [4.69, 9.17) is 4.74 Å². The molecule has 1 aliphatic rings. The number of piperidine rings is 1. The summed E-state index contributed by atoms with van der Waals surface area (Å²) in [6, 6.07) is 0.106. The van der Waals surface area contributed by atoms with E-state index in [1.54, 1.807) is 4.90 Å². The zero-order chi connectivity index (χ0) is 12.9. The number of likely N-dealkylation sites (tertiary alicyclic amines) is 1. The Balaban J connectivity index is 2.63. The van der Waals surface area contributed by atoms with E-state index in [9.17, 15) is 4.79 Å². The fourth-order valence-electron chi connectivity index (χ4n) is 1.89. The summed E-state index contributed by atoms with van der Waals surface area (Å²) in [5, 5.41) is 2.35. The normalized spacial score (nSPS) is 20.6. The van der Waals surface area contributed by atoms with Gasteiger partial charge in [0.2, 0.25) is 0 Å². The summed E-state index contributed by atoms with van der Waals surface area (Å²) in [5.41, 5.74) is -0.452. The second-order valence-electron chi connectivity index (χ2n) is 5.26. The second-order valence-corrected chi connectivity index (χ2v) is 5.44. The van der Waals surface area contributed by atoms with E-state index >= 15 is 0 Å². The smallest absolute Gasteiger partial charge is 0.410 e. The topological polar surface area (TPSA) is 41.9 Å². The van der Waals surface area contributed by atoms with Crippen LogP contribution in [0.3, 0.4) is 0 Å². The number of isothiocyanates is 1. The maximum absolute atomic E-state index is 12.0. The third-order valence-electron chi connectivity index (χ3n) is 2.62. The van der Waals surface area contributed by atoms with Gasteiger partial charge >= 0.3 is 6.09 Å². The maximum Gasteiger partial charge on any atom is 0.410 e. The highest BCUT2D eigenvalue weighted by Crippen LogP contribution is 2.20. The molecule has 0 aromatic rings. The van der Waals surface area contributed by atoms with E-state index in [0.29, 0.717) is 6.54 Å². The standard InChI is InChI=1S/C12H20N2O2S/c1-12(2,3)16-11(15)14-7-5-4-6-10(14)8-13-9-17/h10H,4-8H2,1-3H3. The summed E-state index contributed by atoms with van der Waals surface area (Å²) in [6.07, 6.45) is 2.86. The second kappa shape index (κ2) is 6.12. The van der Waals surface area contributed by atoms with E-state index < -0.39 is 5.60 Å². The lowest BCUT2D eigenvalue weighted by Crippen LogP contribution is -2.47. The van der Waals surface area contributed by atoms with Crippen LogP contribution >= 0.6 is 12.2 Å². The summed E-state index contributed by atoms with van der Waals surface area (Å²) in [6.45, 7) is 6.90. The van der Waals surface area contributed by atoms with Gasteiger partial charge in [-0.1, -0.05) is 0 Å². The monoisotopic (exact) mass is 256 g/mol. The van der Waals surface area contributed by atoms with Gasteiger partial charge in [-0.05, 0) is 52.3 Å². The quantitative estimate of drug-likeness (QED) is 0.563. The number of hydrogen-bond acceptors (Lipinski definition) is 4. The largest absolute Gasteiger partial charge is 0.444 e. The molecule has 1 amide bonds. The molecule has 17 heavy (non-hydrogen) atoms. The molecule has 0 spiro atoms. The van der Waals surface area contributed by atoms with Crippen molar-refractivity contribution in [1.82, 2.24) is 4.90 Å². The van der Waals surface area contributed by atoms with E-state index in [0.717, 1.165) is 25.8 Å². The molecule has 0 saturated carbocycles. The Labute approximate surface area is 108 Å². The van der Waals surface area contributed by atoms with Crippen molar-refractivity contribution in [1.29, 1.82) is 0 Å². The van der Waals surface area contributed by atoms with Gasteiger partial charge in [-0.3, -0.25) is 0 Å². The third kappa shape index (κ3) is 4.84. The summed E-state index contributed by atoms with van der Waals surface area (Å²) in [5.74, 6) is 0. The zero-order valence-electron chi connectivity index (χ0n) is 10.7. The van der Waals surface area contributed by atoms with Gasteiger partial charge in [-0.2, -0.15) is 0 Å². The molecular weight excluding hydrogens is 236 g/mol. The number of rotatable bonds is 2. The predicted molar refractivity (Wildman–Crippen MR) is 70.5 cm³/mol. The summed E-state index contributed by atoms with van der Waals surface area (Å²) < 4.78 is 5.39. The van der Waals surface area contributed by atoms with Gasteiger partial charge in [0.1, 0.15) is 5.60 Å². The van der Waals surface area contributed by atoms with Gasteiger partial charge in [0.15, 0.2) is 0 Å². The highest BCUT2D eigenvalue weighted by molar-refractivity contribution is 7.78. The number of carbonyl (C=O) groups is 1. The maximum atomic E-state index is 12.0. The van der Waals surface area contributed by atoms with E-state index in [2.05, 4.69) is 22.4 Å². The minimum absolute atomic E-state index is 0.106. The molecule has 1 aliphatic heterocycles. The molecule has 4 nitrogen and oxygen atoms in total. The van der Waals surface area contributed by atoms with Crippen molar-refractivity contribution >= 4 is 23.5 Å². The molecule has 96 valence electrons. The number of nitrogens with zero attached hydrogens (tertiary/aromatic N) is 2. The molecule has 0 aliphatic carbocycles. The molecule has 0 N–H and O–H groups in total. The Morgan fingerprint density at radius 2 is 2.24 bits per heavy atom. The number of carbonyl (C=O) groups excluding carboxylic acids is 1. The first-order chi connectivity index (χ1) is 7.94. The van der Waals surface area contributed by atoms with Crippen molar-refractivity contribution in [3.63, 3.8) is 0 Å². The summed E-state index contributed by atoms with van der Waals surface area (Å²) in [7, 11) is 0. The fourth-order valence-corrected chi connectivity index (χ4v) is 1.97. The minimum Gasteiger partial charge on any atom is -0.444 e. The highest BCUT2D eigenvalue weighted by Gasteiger charge is 2.30. The first-order valence-electron chi connectivity index (χ1n) is 5.97. The van der Waals surface area contributed by atoms with Crippen LogP contribution in [0.15, 0.2) is 4.99 Å². The van der Waals surface area contributed by atoms with E-state index in [-0.39, 0.29) is 12.1 Å². The van der Waals surface area contributed by atoms with Crippen molar-refractivity contribution in [2.45, 2.75) is 51.7 Å². The van der Waals surface area contributed by atoms with Gasteiger partial charge < -0.3 is 9.64 Å². The molecule has 1 heterocycles. The first-order valence-corrected chi connectivity index (χ1v) is 6.38. The van der Waals surface area contributed by atoms with Crippen LogP contribution in [0.2, 0.25) is 0 Å². The molecule has 0 bridgehead atoms. The van der Waals surface area contributed by atoms with E-state index in [1.807, 2.05) is 20.8 Å². The fraction of sp³-hybridized carbons (Fsp3) is 0.833. The Bertz CT molecular complexity index is 319. The predicted octanol–water partition coefficient (Wildman–Crippen LogP) is 2.88. The Morgan fingerprint density at radius 3 is 2.82 bits per heavy atom. The molecule has 1 fully saturated rings. The average Bonchev–Trinajstić information content (AvgIpc) is 2.24. The van der Waals surface area contributed by atoms with Crippen LogP contribution in [0.5, 0.6) is 0 Å². The molecule has 0 radical (unpaired) electrons. The molecule has 1 rings (SSSR count). The van der Waals surface area contributed by atoms with Gasteiger partial charge in [-0.15, -0.1) is 0 Å². The van der Waals surface area contributed by atoms with Crippen LogP contribution in [0.4, 0.5) is 4.79 Å². The lowest BCUT2D eigenvalue weighted by atomic mass is 10.0. The molecule has 1 atom stereocenters. The average molecular weight is 256 g/mol. The lowest BCUT2D eigenvalue weighted by molar-refractivity contribution is 0.0110. The number of amides is 1. The Morgan fingerprint density at radius 1 is 1.53 bits per heavy atom. The van der Waals surface area contributed by atoms with Crippen molar-refractivity contribution in [3.05, 3.63) is 0 Å². The van der Waals surface area contributed by atoms with Crippen LogP contribution in [0.1, 0.15) is 40.0 Å². The third-order valence-corrected chi connectivity index (χ3v) is 2.75. The molecular formula is C12H20N2O2S. The molecule has 0 aromatic carbocycles. The molecule has 5 heteroatoms. The van der Waals surface area contributed by atoms with Gasteiger partial charge in [0, 0.05) is 6.54 Å². The lowest BCUT2D eigenvalue weighted by Gasteiger charge is -2.35. The van der Waals surface area contributed by atoms with Crippen molar-refractivity contribution in [2.24, 2.45) is 4.99 Å². The van der Waals surface area contributed by atoms with Crippen LogP contribution in [-0.2, 0) is 4.74 Å². The van der Waals surface area contributed by atoms with Gasteiger partial charge in [0.25, 0.3) is 0 Å². The van der Waals surface area contributed by atoms with Crippen LogP contribution in [-0.4, -0.2) is 40.9 Å². The van der Waals surface area contributed by atoms with Crippen molar-refractivity contribution in [2.75, 3.05) is 13.1 Å². The summed E-state index contributed by atoms with van der Waals surface area (Å²) in [4.78, 5) is 17.7. The van der Waals surface area contributed by atoms with Gasteiger partial charge in [0.05, 0.1) is 17.7 Å². The minimum atomic E-state index is -0.452. The van der Waals surface area contributed by atoms with E-state index in [1.165, 1.54) is 0 Å². The Kier molecular flexibility index (Phi) is 5.09. The molecule has 1 unspecified atom stereocenters. The van der Waals surface area contributed by atoms with Gasteiger partial charge in [-0.25, -0.2) is 9.79 Å². The molecule has 0 aromatic heterocycles. The highest BCUT2D eigenvalue weighted by atomic mass is 32.1. The number of hydrogen-bond donors (Lipinski definition) is 0. The SMILES string of the molecule is CC(C)(C)OC(=O)N1CCCCC1CN=C=S. The van der Waals surface area contributed by atoms with Crippen LogP contribution < -0.4 is 0 Å². The molecule has 1 saturated heterocycles.